The molecule has 2 N–H and O–H groups in total. The van der Waals surface area contributed by atoms with E-state index in [9.17, 15) is 4.79 Å². The molecule has 3 rings (SSSR count). The summed E-state index contributed by atoms with van der Waals surface area (Å²) in [5, 5.41) is 4.21. The van der Waals surface area contributed by atoms with Crippen LogP contribution in [0.5, 0.6) is 0 Å². The number of aromatic amines is 1. The molecule has 0 bridgehead atoms. The first-order valence-corrected chi connectivity index (χ1v) is 8.31. The number of para-hydroxylation sites is 1. The van der Waals surface area contributed by atoms with Crippen LogP contribution in [0.25, 0.3) is 10.9 Å². The van der Waals surface area contributed by atoms with Crippen LogP contribution in [0.1, 0.15) is 36.2 Å². The molecule has 3 heteroatoms. The number of aryl methyl sites for hydroxylation is 2. The monoisotopic (exact) mass is 320 g/mol. The highest BCUT2D eigenvalue weighted by atomic mass is 16.2. The summed E-state index contributed by atoms with van der Waals surface area (Å²) in [6.07, 6.45) is 0. The average molecular weight is 320 g/mol. The van der Waals surface area contributed by atoms with Crippen LogP contribution in [0.4, 0.5) is 0 Å². The molecule has 0 saturated heterocycles. The molecular formula is C21H24N2O. The van der Waals surface area contributed by atoms with Gasteiger partial charge in [0.1, 0.15) is 0 Å². The Morgan fingerprint density at radius 2 is 1.83 bits per heavy atom. The van der Waals surface area contributed by atoms with E-state index < -0.39 is 5.41 Å². The van der Waals surface area contributed by atoms with Crippen molar-refractivity contribution in [1.82, 2.24) is 10.3 Å². The fraction of sp³-hybridized carbons (Fsp3) is 0.286. The first kappa shape index (κ1) is 16.3. The summed E-state index contributed by atoms with van der Waals surface area (Å²) in [5.41, 5.74) is 4.91. The normalized spacial score (nSPS) is 11.7. The van der Waals surface area contributed by atoms with E-state index in [1.54, 1.807) is 0 Å². The van der Waals surface area contributed by atoms with Crippen molar-refractivity contribution in [2.45, 2.75) is 39.7 Å². The Labute approximate surface area is 143 Å². The van der Waals surface area contributed by atoms with Crippen LogP contribution < -0.4 is 5.32 Å². The Kier molecular flexibility index (Phi) is 4.18. The second kappa shape index (κ2) is 6.16. The van der Waals surface area contributed by atoms with Crippen molar-refractivity contribution >= 4 is 16.8 Å². The predicted molar refractivity (Wildman–Crippen MR) is 99.1 cm³/mol. The standard InChI is InChI=1S/C21H24N2O/c1-14-8-7-9-16(12-14)13-22-20(24)21(3,4)19-15(2)23-18-11-6-5-10-17(18)19/h5-12,23H,13H2,1-4H3,(H,22,24). The molecule has 2 aromatic carbocycles. The van der Waals surface area contributed by atoms with Gasteiger partial charge in [-0.3, -0.25) is 4.79 Å². The largest absolute Gasteiger partial charge is 0.358 e. The van der Waals surface area contributed by atoms with E-state index in [0.29, 0.717) is 6.54 Å². The van der Waals surface area contributed by atoms with Crippen molar-refractivity contribution in [3.8, 4) is 0 Å². The van der Waals surface area contributed by atoms with Crippen molar-refractivity contribution in [3.63, 3.8) is 0 Å². The fourth-order valence-electron chi connectivity index (χ4n) is 3.42. The van der Waals surface area contributed by atoms with Crippen molar-refractivity contribution in [1.29, 1.82) is 0 Å². The number of benzene rings is 2. The van der Waals surface area contributed by atoms with Crippen molar-refractivity contribution in [2.24, 2.45) is 0 Å². The third-order valence-corrected chi connectivity index (χ3v) is 4.62. The maximum atomic E-state index is 12.9. The van der Waals surface area contributed by atoms with E-state index in [2.05, 4.69) is 35.4 Å². The topological polar surface area (TPSA) is 44.9 Å². The summed E-state index contributed by atoms with van der Waals surface area (Å²) < 4.78 is 0. The molecule has 0 unspecified atom stereocenters. The molecule has 3 nitrogen and oxygen atoms in total. The van der Waals surface area contributed by atoms with Crippen LogP contribution in [0.2, 0.25) is 0 Å². The minimum absolute atomic E-state index is 0.0388. The molecule has 1 aromatic heterocycles. The van der Waals surface area contributed by atoms with Gasteiger partial charge in [0, 0.05) is 23.1 Å². The number of aromatic nitrogens is 1. The van der Waals surface area contributed by atoms with E-state index in [-0.39, 0.29) is 5.91 Å². The quantitative estimate of drug-likeness (QED) is 0.736. The predicted octanol–water partition coefficient (Wildman–Crippen LogP) is 4.38. The third-order valence-electron chi connectivity index (χ3n) is 4.62. The molecule has 24 heavy (non-hydrogen) atoms. The molecular weight excluding hydrogens is 296 g/mol. The molecule has 1 heterocycles. The average Bonchev–Trinajstić information content (AvgIpc) is 2.89. The van der Waals surface area contributed by atoms with E-state index in [0.717, 1.165) is 27.7 Å². The van der Waals surface area contributed by atoms with Gasteiger partial charge in [-0.2, -0.15) is 0 Å². The molecule has 0 atom stereocenters. The van der Waals surface area contributed by atoms with Crippen LogP contribution in [0.3, 0.4) is 0 Å². The summed E-state index contributed by atoms with van der Waals surface area (Å²) in [5.74, 6) is 0.0388. The number of carbonyl (C=O) groups excluding carboxylic acids is 1. The van der Waals surface area contributed by atoms with Crippen molar-refractivity contribution in [2.75, 3.05) is 0 Å². The van der Waals surface area contributed by atoms with E-state index in [4.69, 9.17) is 0 Å². The van der Waals surface area contributed by atoms with Gasteiger partial charge < -0.3 is 10.3 Å². The molecule has 0 radical (unpaired) electrons. The number of carbonyl (C=O) groups is 1. The summed E-state index contributed by atoms with van der Waals surface area (Å²) in [6.45, 7) is 8.61. The number of rotatable bonds is 4. The number of fused-ring (bicyclic) bond motifs is 1. The Hall–Kier alpha value is -2.55. The smallest absolute Gasteiger partial charge is 0.230 e. The maximum absolute atomic E-state index is 12.9. The zero-order valence-electron chi connectivity index (χ0n) is 14.7. The molecule has 124 valence electrons. The summed E-state index contributed by atoms with van der Waals surface area (Å²) in [7, 11) is 0. The Balaban J connectivity index is 1.86. The van der Waals surface area contributed by atoms with Crippen LogP contribution in [-0.2, 0) is 16.8 Å². The molecule has 0 aliphatic rings. The van der Waals surface area contributed by atoms with Gasteiger partial charge in [-0.25, -0.2) is 0 Å². The summed E-state index contributed by atoms with van der Waals surface area (Å²) >= 11 is 0. The zero-order valence-corrected chi connectivity index (χ0v) is 14.7. The summed E-state index contributed by atoms with van der Waals surface area (Å²) in [6, 6.07) is 16.4. The van der Waals surface area contributed by atoms with Gasteiger partial charge in [0.2, 0.25) is 5.91 Å². The molecule has 0 saturated carbocycles. The lowest BCUT2D eigenvalue weighted by molar-refractivity contribution is -0.125. The lowest BCUT2D eigenvalue weighted by Gasteiger charge is -2.25. The van der Waals surface area contributed by atoms with Gasteiger partial charge in [0.15, 0.2) is 0 Å². The second-order valence-corrected chi connectivity index (χ2v) is 6.97. The first-order valence-electron chi connectivity index (χ1n) is 8.31. The molecule has 3 aromatic rings. The molecule has 0 spiro atoms. The van der Waals surface area contributed by atoms with E-state index in [1.807, 2.05) is 51.1 Å². The lowest BCUT2D eigenvalue weighted by atomic mass is 9.81. The molecule has 0 aliphatic heterocycles. The molecule has 0 fully saturated rings. The maximum Gasteiger partial charge on any atom is 0.230 e. The van der Waals surface area contributed by atoms with Gasteiger partial charge in [-0.15, -0.1) is 0 Å². The Morgan fingerprint density at radius 1 is 1.08 bits per heavy atom. The first-order chi connectivity index (χ1) is 11.4. The highest BCUT2D eigenvalue weighted by Crippen LogP contribution is 2.33. The number of hydrogen-bond donors (Lipinski definition) is 2. The van der Waals surface area contributed by atoms with Crippen molar-refractivity contribution < 1.29 is 4.79 Å². The summed E-state index contributed by atoms with van der Waals surface area (Å²) in [4.78, 5) is 16.3. The SMILES string of the molecule is Cc1cccc(CNC(=O)C(C)(C)c2c(C)[nH]c3ccccc23)c1. The minimum atomic E-state index is -0.604. The van der Waals surface area contributed by atoms with Crippen LogP contribution in [0, 0.1) is 13.8 Å². The van der Waals surface area contributed by atoms with Crippen LogP contribution >= 0.6 is 0 Å². The zero-order chi connectivity index (χ0) is 17.3. The number of amides is 1. The van der Waals surface area contributed by atoms with Gasteiger partial charge >= 0.3 is 0 Å². The van der Waals surface area contributed by atoms with Crippen molar-refractivity contribution in [3.05, 3.63) is 70.9 Å². The number of hydrogen-bond acceptors (Lipinski definition) is 1. The second-order valence-electron chi connectivity index (χ2n) is 6.97. The van der Waals surface area contributed by atoms with E-state index in [1.165, 1.54) is 5.56 Å². The third kappa shape index (κ3) is 2.94. The van der Waals surface area contributed by atoms with E-state index >= 15 is 0 Å². The van der Waals surface area contributed by atoms with Gasteiger partial charge in [-0.05, 0) is 44.9 Å². The van der Waals surface area contributed by atoms with Crippen LogP contribution in [-0.4, -0.2) is 10.9 Å². The fourth-order valence-corrected chi connectivity index (χ4v) is 3.42. The molecule has 0 aliphatic carbocycles. The van der Waals surface area contributed by atoms with Gasteiger partial charge in [-0.1, -0.05) is 48.0 Å². The lowest BCUT2D eigenvalue weighted by Crippen LogP contribution is -2.40. The highest BCUT2D eigenvalue weighted by Gasteiger charge is 2.33. The van der Waals surface area contributed by atoms with Gasteiger partial charge in [0.05, 0.1) is 5.41 Å². The molecule has 1 amide bonds. The number of nitrogens with one attached hydrogen (secondary N) is 2. The van der Waals surface area contributed by atoms with Gasteiger partial charge in [0.25, 0.3) is 0 Å². The number of H-pyrrole nitrogens is 1. The highest BCUT2D eigenvalue weighted by molar-refractivity contribution is 5.95. The minimum Gasteiger partial charge on any atom is -0.358 e. The Morgan fingerprint density at radius 3 is 2.58 bits per heavy atom. The van der Waals surface area contributed by atoms with Crippen LogP contribution in [0.15, 0.2) is 48.5 Å². The Bertz CT molecular complexity index is 890.